The van der Waals surface area contributed by atoms with Crippen LogP contribution in [0.2, 0.25) is 0 Å². The number of amides is 3. The lowest BCUT2D eigenvalue weighted by molar-refractivity contribution is -0.133. The standard InChI is InChI=1S/C27H34FN3O3/c1-19(4-5-20-8-12-24(34-3)13-9-20)30-16-14-22(15-17-30)27(2)25(32)31(26(33)29-27)18-21-6-10-23(28)11-7-21/h6-13,19,22H,4-5,14-18H2,1-3H3,(H,29,33)/t19-,27-/m0/s1. The van der Waals surface area contributed by atoms with Crippen LogP contribution in [0, 0.1) is 11.7 Å². The van der Waals surface area contributed by atoms with Crippen molar-refractivity contribution in [2.75, 3.05) is 20.2 Å². The molecule has 0 spiro atoms. The monoisotopic (exact) mass is 467 g/mol. The number of methoxy groups -OCH3 is 1. The highest BCUT2D eigenvalue weighted by molar-refractivity contribution is 6.06. The van der Waals surface area contributed by atoms with E-state index in [0.29, 0.717) is 6.04 Å². The first kappa shape index (κ1) is 24.2. The van der Waals surface area contributed by atoms with Crippen LogP contribution in [0.15, 0.2) is 48.5 Å². The van der Waals surface area contributed by atoms with E-state index in [0.717, 1.165) is 50.1 Å². The van der Waals surface area contributed by atoms with Crippen LogP contribution >= 0.6 is 0 Å². The molecule has 0 bridgehead atoms. The summed E-state index contributed by atoms with van der Waals surface area (Å²) in [5.74, 6) is 0.438. The van der Waals surface area contributed by atoms with Gasteiger partial charge in [0, 0.05) is 6.04 Å². The fourth-order valence-electron chi connectivity index (χ4n) is 5.18. The average Bonchev–Trinajstić information content (AvgIpc) is 3.08. The second-order valence-corrected chi connectivity index (χ2v) is 9.70. The Bertz CT molecular complexity index is 1000. The highest BCUT2D eigenvalue weighted by atomic mass is 19.1. The number of halogens is 1. The molecule has 2 aromatic carbocycles. The summed E-state index contributed by atoms with van der Waals surface area (Å²) in [5.41, 5.74) is 1.14. The van der Waals surface area contributed by atoms with E-state index >= 15 is 0 Å². The number of rotatable bonds is 8. The van der Waals surface area contributed by atoms with Gasteiger partial charge in [-0.05, 0) is 93.9 Å². The summed E-state index contributed by atoms with van der Waals surface area (Å²) in [6, 6.07) is 14.2. The molecule has 0 saturated carbocycles. The van der Waals surface area contributed by atoms with Gasteiger partial charge in [-0.1, -0.05) is 24.3 Å². The predicted molar refractivity (Wildman–Crippen MR) is 129 cm³/mol. The molecule has 2 aliphatic heterocycles. The Morgan fingerprint density at radius 1 is 1.06 bits per heavy atom. The predicted octanol–water partition coefficient (Wildman–Crippen LogP) is 4.38. The number of ether oxygens (including phenoxy) is 1. The molecule has 1 N–H and O–H groups in total. The van der Waals surface area contributed by atoms with Crippen molar-refractivity contribution in [1.29, 1.82) is 0 Å². The van der Waals surface area contributed by atoms with Crippen LogP contribution in [0.4, 0.5) is 9.18 Å². The van der Waals surface area contributed by atoms with Crippen molar-refractivity contribution in [2.24, 2.45) is 5.92 Å². The van der Waals surface area contributed by atoms with E-state index in [2.05, 4.69) is 29.3 Å². The van der Waals surface area contributed by atoms with E-state index in [4.69, 9.17) is 4.74 Å². The molecule has 34 heavy (non-hydrogen) atoms. The molecule has 7 heteroatoms. The summed E-state index contributed by atoms with van der Waals surface area (Å²) >= 11 is 0. The number of likely N-dealkylation sites (tertiary alicyclic amines) is 1. The molecule has 2 aliphatic rings. The third-order valence-electron chi connectivity index (χ3n) is 7.53. The normalized spacial score (nSPS) is 22.6. The minimum atomic E-state index is -0.893. The van der Waals surface area contributed by atoms with Crippen LogP contribution in [0.1, 0.15) is 44.2 Å². The third kappa shape index (κ3) is 5.09. The molecule has 2 saturated heterocycles. The quantitative estimate of drug-likeness (QED) is 0.586. The third-order valence-corrected chi connectivity index (χ3v) is 7.53. The zero-order chi connectivity index (χ0) is 24.3. The first-order chi connectivity index (χ1) is 16.3. The Hall–Kier alpha value is -2.93. The maximum Gasteiger partial charge on any atom is 0.325 e. The Balaban J connectivity index is 1.30. The van der Waals surface area contributed by atoms with Gasteiger partial charge in [0.25, 0.3) is 5.91 Å². The van der Waals surface area contributed by atoms with Gasteiger partial charge in [0.15, 0.2) is 0 Å². The lowest BCUT2D eigenvalue weighted by Crippen LogP contribution is -2.54. The summed E-state index contributed by atoms with van der Waals surface area (Å²) < 4.78 is 18.4. The number of imide groups is 1. The van der Waals surface area contributed by atoms with Gasteiger partial charge in [0.1, 0.15) is 17.1 Å². The van der Waals surface area contributed by atoms with E-state index < -0.39 is 5.54 Å². The van der Waals surface area contributed by atoms with Gasteiger partial charge < -0.3 is 15.0 Å². The van der Waals surface area contributed by atoms with E-state index in [1.54, 1.807) is 19.2 Å². The lowest BCUT2D eigenvalue weighted by atomic mass is 9.78. The summed E-state index contributed by atoms with van der Waals surface area (Å²) in [5, 5.41) is 2.97. The molecule has 2 heterocycles. The van der Waals surface area contributed by atoms with Crippen molar-refractivity contribution in [1.82, 2.24) is 15.1 Å². The zero-order valence-corrected chi connectivity index (χ0v) is 20.2. The Kier molecular flexibility index (Phi) is 7.22. The number of piperidine rings is 1. The van der Waals surface area contributed by atoms with Gasteiger partial charge in [0.05, 0.1) is 13.7 Å². The van der Waals surface area contributed by atoms with E-state index in [1.807, 2.05) is 19.1 Å². The number of benzene rings is 2. The van der Waals surface area contributed by atoms with Crippen LogP contribution < -0.4 is 10.1 Å². The van der Waals surface area contributed by atoms with Crippen molar-refractivity contribution < 1.29 is 18.7 Å². The molecule has 0 radical (unpaired) electrons. The summed E-state index contributed by atoms with van der Waals surface area (Å²) in [7, 11) is 1.68. The SMILES string of the molecule is COc1ccc(CC[C@H](C)N2CCC([C@]3(C)NC(=O)N(Cc4ccc(F)cc4)C3=O)CC2)cc1. The highest BCUT2D eigenvalue weighted by Crippen LogP contribution is 2.34. The minimum Gasteiger partial charge on any atom is -0.497 e. The Morgan fingerprint density at radius 3 is 2.29 bits per heavy atom. The summed E-state index contributed by atoms with van der Waals surface area (Å²) in [6.07, 6.45) is 3.80. The molecule has 4 rings (SSSR count). The maximum atomic E-state index is 13.3. The van der Waals surface area contributed by atoms with E-state index in [9.17, 15) is 14.0 Å². The topological polar surface area (TPSA) is 61.9 Å². The zero-order valence-electron chi connectivity index (χ0n) is 20.2. The number of carbonyl (C=O) groups excluding carboxylic acids is 2. The molecule has 3 amide bonds. The molecule has 0 unspecified atom stereocenters. The fourth-order valence-corrected chi connectivity index (χ4v) is 5.18. The van der Waals surface area contributed by atoms with Gasteiger partial charge in [-0.3, -0.25) is 9.69 Å². The molecule has 2 fully saturated rings. The second-order valence-electron chi connectivity index (χ2n) is 9.70. The lowest BCUT2D eigenvalue weighted by Gasteiger charge is -2.41. The molecular weight excluding hydrogens is 433 g/mol. The molecule has 0 aliphatic carbocycles. The van der Waals surface area contributed by atoms with Gasteiger partial charge in [0.2, 0.25) is 0 Å². The molecule has 182 valence electrons. The number of hydrogen-bond donors (Lipinski definition) is 1. The molecule has 2 atom stereocenters. The van der Waals surface area contributed by atoms with Crippen LogP contribution in [-0.4, -0.2) is 53.5 Å². The summed E-state index contributed by atoms with van der Waals surface area (Å²) in [4.78, 5) is 29.7. The number of aryl methyl sites for hydroxylation is 1. The first-order valence-corrected chi connectivity index (χ1v) is 12.1. The first-order valence-electron chi connectivity index (χ1n) is 12.1. The number of nitrogens with one attached hydrogen (secondary N) is 1. The van der Waals surface area contributed by atoms with Crippen LogP contribution in [-0.2, 0) is 17.8 Å². The van der Waals surface area contributed by atoms with Gasteiger partial charge in [-0.15, -0.1) is 0 Å². The number of urea groups is 1. The van der Waals surface area contributed by atoms with Crippen molar-refractivity contribution in [3.05, 3.63) is 65.5 Å². The average molecular weight is 468 g/mol. The second kappa shape index (κ2) is 10.1. The fraction of sp³-hybridized carbons (Fsp3) is 0.481. The number of hydrogen-bond acceptors (Lipinski definition) is 4. The largest absolute Gasteiger partial charge is 0.497 e. The van der Waals surface area contributed by atoms with E-state index in [1.165, 1.54) is 22.6 Å². The summed E-state index contributed by atoms with van der Waals surface area (Å²) in [6.45, 7) is 6.09. The van der Waals surface area contributed by atoms with Crippen LogP contribution in [0.5, 0.6) is 5.75 Å². The molecule has 2 aromatic rings. The van der Waals surface area contributed by atoms with Gasteiger partial charge >= 0.3 is 6.03 Å². The molecule has 6 nitrogen and oxygen atoms in total. The van der Waals surface area contributed by atoms with E-state index in [-0.39, 0.29) is 30.2 Å². The van der Waals surface area contributed by atoms with Gasteiger partial charge in [-0.25, -0.2) is 9.18 Å². The van der Waals surface area contributed by atoms with Crippen LogP contribution in [0.3, 0.4) is 0 Å². The highest BCUT2D eigenvalue weighted by Gasteiger charge is 2.52. The van der Waals surface area contributed by atoms with Gasteiger partial charge in [-0.2, -0.15) is 0 Å². The number of nitrogens with zero attached hydrogens (tertiary/aromatic N) is 2. The number of carbonyl (C=O) groups is 2. The van der Waals surface area contributed by atoms with Crippen molar-refractivity contribution in [2.45, 2.75) is 57.7 Å². The van der Waals surface area contributed by atoms with Crippen molar-refractivity contribution >= 4 is 11.9 Å². The Labute approximate surface area is 201 Å². The molecule has 0 aromatic heterocycles. The molecular formula is C27H34FN3O3. The Morgan fingerprint density at radius 2 is 1.68 bits per heavy atom. The maximum absolute atomic E-state index is 13.3. The smallest absolute Gasteiger partial charge is 0.325 e. The van der Waals surface area contributed by atoms with Crippen molar-refractivity contribution in [3.8, 4) is 5.75 Å². The van der Waals surface area contributed by atoms with Crippen LogP contribution in [0.25, 0.3) is 0 Å². The van der Waals surface area contributed by atoms with Crippen molar-refractivity contribution in [3.63, 3.8) is 0 Å². The minimum absolute atomic E-state index is 0.0900.